The van der Waals surface area contributed by atoms with Gasteiger partial charge >= 0.3 is 0 Å². The van der Waals surface area contributed by atoms with Crippen molar-refractivity contribution in [2.75, 3.05) is 33.0 Å². The molecule has 3 heterocycles. The van der Waals surface area contributed by atoms with Gasteiger partial charge in [0.05, 0.1) is 0 Å². The molecule has 6 heteroatoms. The highest BCUT2D eigenvalue weighted by Gasteiger charge is 2.25. The summed E-state index contributed by atoms with van der Waals surface area (Å²) in [6, 6.07) is 14.3. The highest BCUT2D eigenvalue weighted by atomic mass is 16.7. The van der Waals surface area contributed by atoms with Crippen LogP contribution in [-0.2, 0) is 13.1 Å². The van der Waals surface area contributed by atoms with Gasteiger partial charge in [-0.3, -0.25) is 0 Å². The van der Waals surface area contributed by atoms with Crippen molar-refractivity contribution in [3.05, 3.63) is 53.9 Å². The molecule has 5 rings (SSSR count). The zero-order valence-electron chi connectivity index (χ0n) is 14.7. The van der Waals surface area contributed by atoms with E-state index in [4.69, 9.17) is 13.9 Å². The van der Waals surface area contributed by atoms with Gasteiger partial charge < -0.3 is 23.7 Å². The molecule has 0 saturated carbocycles. The van der Waals surface area contributed by atoms with E-state index < -0.39 is 0 Å². The number of nitrogens with zero attached hydrogens (tertiary/aromatic N) is 1. The second-order valence-corrected chi connectivity index (χ2v) is 7.12. The molecule has 0 aliphatic carbocycles. The number of hydrogen-bond acceptors (Lipinski definition) is 4. The van der Waals surface area contributed by atoms with Crippen molar-refractivity contribution >= 4 is 11.1 Å². The second-order valence-electron chi connectivity index (χ2n) is 7.12. The summed E-state index contributed by atoms with van der Waals surface area (Å²) >= 11 is 0. The molecule has 0 bridgehead atoms. The van der Waals surface area contributed by atoms with E-state index in [2.05, 4.69) is 17.1 Å². The molecule has 2 aliphatic heterocycles. The Hall–Kier alpha value is -2.57. The molecular formula is C20H23N3O3+2. The SMILES string of the molecule is c1ccc2oc(C[NH+]3CC[NH+](Cc4ccc5c(c4)OCO5)CC3)nc2c1. The van der Waals surface area contributed by atoms with Gasteiger partial charge in [0.15, 0.2) is 23.6 Å². The summed E-state index contributed by atoms with van der Waals surface area (Å²) in [5.41, 5.74) is 3.15. The van der Waals surface area contributed by atoms with E-state index in [1.165, 1.54) is 5.56 Å². The lowest BCUT2D eigenvalue weighted by atomic mass is 10.1. The second kappa shape index (κ2) is 6.63. The first-order chi connectivity index (χ1) is 12.8. The van der Waals surface area contributed by atoms with E-state index in [0.717, 1.165) is 67.8 Å². The number of piperazine rings is 1. The molecule has 1 saturated heterocycles. The van der Waals surface area contributed by atoms with Crippen LogP contribution in [0, 0.1) is 0 Å². The van der Waals surface area contributed by atoms with Gasteiger partial charge in [-0.15, -0.1) is 0 Å². The lowest BCUT2D eigenvalue weighted by Gasteiger charge is -2.29. The summed E-state index contributed by atoms with van der Waals surface area (Å²) in [5, 5.41) is 0. The topological polar surface area (TPSA) is 53.4 Å². The van der Waals surface area contributed by atoms with Gasteiger partial charge in [-0.1, -0.05) is 12.1 Å². The summed E-state index contributed by atoms with van der Waals surface area (Å²) in [6.45, 7) is 6.83. The number of aromatic nitrogens is 1. The van der Waals surface area contributed by atoms with Crippen molar-refractivity contribution in [1.29, 1.82) is 0 Å². The molecule has 0 unspecified atom stereocenters. The van der Waals surface area contributed by atoms with Crippen molar-refractivity contribution < 1.29 is 23.7 Å². The molecule has 134 valence electrons. The third kappa shape index (κ3) is 3.13. The lowest BCUT2D eigenvalue weighted by molar-refractivity contribution is -1.02. The van der Waals surface area contributed by atoms with Crippen molar-refractivity contribution in [2.45, 2.75) is 13.1 Å². The summed E-state index contributed by atoms with van der Waals surface area (Å²) < 4.78 is 16.7. The molecule has 0 radical (unpaired) electrons. The van der Waals surface area contributed by atoms with Crippen LogP contribution in [0.4, 0.5) is 0 Å². The molecule has 3 aromatic rings. The van der Waals surface area contributed by atoms with Crippen molar-refractivity contribution in [1.82, 2.24) is 4.98 Å². The number of rotatable bonds is 4. The third-order valence-electron chi connectivity index (χ3n) is 5.29. The fourth-order valence-corrected chi connectivity index (χ4v) is 3.86. The Balaban J connectivity index is 1.17. The van der Waals surface area contributed by atoms with Gasteiger partial charge in [0.1, 0.15) is 38.2 Å². The number of nitrogens with one attached hydrogen (secondary N) is 2. The average Bonchev–Trinajstić information content (AvgIpc) is 3.29. The number of ether oxygens (including phenoxy) is 2. The van der Waals surface area contributed by atoms with Crippen LogP contribution in [0.1, 0.15) is 11.5 Å². The fraction of sp³-hybridized carbons (Fsp3) is 0.350. The number of para-hydroxylation sites is 2. The van der Waals surface area contributed by atoms with Crippen LogP contribution in [0.5, 0.6) is 11.5 Å². The van der Waals surface area contributed by atoms with Crippen LogP contribution in [-0.4, -0.2) is 38.0 Å². The first-order valence-electron chi connectivity index (χ1n) is 9.23. The van der Waals surface area contributed by atoms with Gasteiger partial charge in [0.2, 0.25) is 6.79 Å². The largest absolute Gasteiger partial charge is 0.454 e. The summed E-state index contributed by atoms with van der Waals surface area (Å²) in [5.74, 6) is 2.58. The lowest BCUT2D eigenvalue weighted by Crippen LogP contribution is -3.27. The maximum Gasteiger partial charge on any atom is 0.251 e. The summed E-state index contributed by atoms with van der Waals surface area (Å²) in [7, 11) is 0. The van der Waals surface area contributed by atoms with Crippen LogP contribution < -0.4 is 19.3 Å². The number of hydrogen-bond donors (Lipinski definition) is 2. The molecule has 1 aromatic heterocycles. The molecular weight excluding hydrogens is 330 g/mol. The molecule has 0 amide bonds. The van der Waals surface area contributed by atoms with E-state index in [9.17, 15) is 0 Å². The highest BCUT2D eigenvalue weighted by Crippen LogP contribution is 2.32. The number of oxazole rings is 1. The van der Waals surface area contributed by atoms with Crippen LogP contribution in [0.15, 0.2) is 46.9 Å². The van der Waals surface area contributed by atoms with Crippen molar-refractivity contribution in [2.24, 2.45) is 0 Å². The molecule has 0 atom stereocenters. The molecule has 0 spiro atoms. The van der Waals surface area contributed by atoms with E-state index in [1.807, 2.05) is 30.3 Å². The Kier molecular flexibility index (Phi) is 3.99. The van der Waals surface area contributed by atoms with Crippen molar-refractivity contribution in [3.8, 4) is 11.5 Å². The van der Waals surface area contributed by atoms with E-state index in [-0.39, 0.29) is 0 Å². The number of quaternary nitrogens is 2. The van der Waals surface area contributed by atoms with Crippen LogP contribution >= 0.6 is 0 Å². The molecule has 6 nitrogen and oxygen atoms in total. The van der Waals surface area contributed by atoms with Crippen LogP contribution in [0.2, 0.25) is 0 Å². The Labute approximate surface area is 151 Å². The molecule has 2 aromatic carbocycles. The average molecular weight is 353 g/mol. The Bertz CT molecular complexity index is 883. The number of benzene rings is 2. The van der Waals surface area contributed by atoms with E-state index >= 15 is 0 Å². The zero-order chi connectivity index (χ0) is 17.3. The standard InChI is InChI=1S/C20H21N3O3/c1-2-4-17-16(3-1)21-20(26-17)13-23-9-7-22(8-10-23)12-15-5-6-18-19(11-15)25-14-24-18/h1-6,11H,7-10,12-14H2/p+2. The van der Waals surface area contributed by atoms with Gasteiger partial charge in [-0.05, 0) is 30.3 Å². The smallest absolute Gasteiger partial charge is 0.251 e. The van der Waals surface area contributed by atoms with E-state index in [0.29, 0.717) is 6.79 Å². The first kappa shape index (κ1) is 15.7. The van der Waals surface area contributed by atoms with Gasteiger partial charge in [0, 0.05) is 5.56 Å². The number of fused-ring (bicyclic) bond motifs is 2. The summed E-state index contributed by atoms with van der Waals surface area (Å²) in [6.07, 6.45) is 0. The first-order valence-corrected chi connectivity index (χ1v) is 9.23. The summed E-state index contributed by atoms with van der Waals surface area (Å²) in [4.78, 5) is 7.77. The normalized spacial score (nSPS) is 22.0. The highest BCUT2D eigenvalue weighted by molar-refractivity contribution is 5.72. The van der Waals surface area contributed by atoms with Crippen LogP contribution in [0.3, 0.4) is 0 Å². The van der Waals surface area contributed by atoms with E-state index in [1.54, 1.807) is 9.80 Å². The zero-order valence-corrected chi connectivity index (χ0v) is 14.7. The fourth-order valence-electron chi connectivity index (χ4n) is 3.86. The Morgan fingerprint density at radius 1 is 0.846 bits per heavy atom. The monoisotopic (exact) mass is 353 g/mol. The maximum absolute atomic E-state index is 5.87. The molecule has 26 heavy (non-hydrogen) atoms. The Morgan fingerprint density at radius 3 is 2.46 bits per heavy atom. The quantitative estimate of drug-likeness (QED) is 0.696. The minimum Gasteiger partial charge on any atom is -0.454 e. The minimum atomic E-state index is 0.337. The van der Waals surface area contributed by atoms with Gasteiger partial charge in [-0.25, -0.2) is 4.98 Å². The molecule has 2 aliphatic rings. The molecule has 1 fully saturated rings. The predicted molar refractivity (Wildman–Crippen MR) is 95.4 cm³/mol. The maximum atomic E-state index is 5.87. The van der Waals surface area contributed by atoms with Crippen LogP contribution in [0.25, 0.3) is 11.1 Å². The third-order valence-corrected chi connectivity index (χ3v) is 5.29. The predicted octanol–water partition coefficient (Wildman–Crippen LogP) is 0.0401. The minimum absolute atomic E-state index is 0.337. The van der Waals surface area contributed by atoms with Gasteiger partial charge in [0.25, 0.3) is 5.89 Å². The Morgan fingerprint density at radius 2 is 1.62 bits per heavy atom. The van der Waals surface area contributed by atoms with Crippen molar-refractivity contribution in [3.63, 3.8) is 0 Å². The molecule has 2 N–H and O–H groups in total. The van der Waals surface area contributed by atoms with Gasteiger partial charge in [-0.2, -0.15) is 0 Å².